The Morgan fingerprint density at radius 1 is 0.643 bits per heavy atom. The van der Waals surface area contributed by atoms with Gasteiger partial charge in [-0.25, -0.2) is 4.79 Å². The van der Waals surface area contributed by atoms with Crippen LogP contribution in [0.5, 0.6) is 11.5 Å². The van der Waals surface area contributed by atoms with Gasteiger partial charge < -0.3 is 26.0 Å². The molecule has 0 aliphatic rings. The minimum atomic E-state index is -1.46. The van der Waals surface area contributed by atoms with Crippen LogP contribution < -0.4 is 20.9 Å². The fourth-order valence-corrected chi connectivity index (χ4v) is 4.55. The van der Waals surface area contributed by atoms with E-state index < -0.39 is 11.5 Å². The van der Waals surface area contributed by atoms with Crippen LogP contribution in [0.15, 0.2) is 127 Å². The summed E-state index contributed by atoms with van der Waals surface area (Å²) in [5.41, 5.74) is 19.2. The Bertz CT molecular complexity index is 1570. The van der Waals surface area contributed by atoms with Crippen LogP contribution in [0, 0.1) is 0 Å². The zero-order valence-electron chi connectivity index (χ0n) is 22.6. The first-order valence-electron chi connectivity index (χ1n) is 13.2. The third-order valence-corrected chi connectivity index (χ3v) is 6.95. The Labute approximate surface area is 249 Å². The maximum atomic E-state index is 10.9. The number of halogens is 1. The standard InChI is InChI=1S/C35H29ClN2O4/c36-34(35(39)40)42-32-19-17-31(18-20-32)41-22-21-33(27-5-1-23(2-6-27)25-9-13-29(37)14-10-25)28-7-3-24(4-8-28)26-11-15-30(38)16-12-26/h1-21,34H,22,37-38H2,(H,39,40). The van der Waals surface area contributed by atoms with E-state index in [0.29, 0.717) is 18.1 Å². The number of anilines is 2. The van der Waals surface area contributed by atoms with E-state index in [4.69, 9.17) is 37.6 Å². The molecule has 42 heavy (non-hydrogen) atoms. The molecule has 0 aromatic heterocycles. The first-order valence-corrected chi connectivity index (χ1v) is 13.7. The number of benzene rings is 5. The van der Waals surface area contributed by atoms with Crippen LogP contribution in [-0.2, 0) is 4.79 Å². The fourth-order valence-electron chi connectivity index (χ4n) is 4.44. The Hall–Kier alpha value is -5.20. The summed E-state index contributed by atoms with van der Waals surface area (Å²) < 4.78 is 11.2. The van der Waals surface area contributed by atoms with E-state index in [1.807, 2.05) is 54.6 Å². The Balaban J connectivity index is 1.38. The van der Waals surface area contributed by atoms with Gasteiger partial charge >= 0.3 is 5.97 Å². The van der Waals surface area contributed by atoms with Crippen LogP contribution in [0.3, 0.4) is 0 Å². The topological polar surface area (TPSA) is 108 Å². The summed E-state index contributed by atoms with van der Waals surface area (Å²) in [6.07, 6.45) is 2.04. The molecule has 0 radical (unpaired) electrons. The van der Waals surface area contributed by atoms with E-state index in [2.05, 4.69) is 48.5 Å². The van der Waals surface area contributed by atoms with Crippen molar-refractivity contribution in [1.82, 2.24) is 0 Å². The lowest BCUT2D eigenvalue weighted by Gasteiger charge is -2.13. The summed E-state index contributed by atoms with van der Waals surface area (Å²) >= 11 is 5.66. The first kappa shape index (κ1) is 28.3. The number of hydrogen-bond acceptors (Lipinski definition) is 5. The molecule has 210 valence electrons. The molecule has 7 heteroatoms. The lowest BCUT2D eigenvalue weighted by Crippen LogP contribution is -2.20. The van der Waals surface area contributed by atoms with E-state index >= 15 is 0 Å². The summed E-state index contributed by atoms with van der Waals surface area (Å²) in [6.45, 7) is 0.308. The molecule has 0 spiro atoms. The van der Waals surface area contributed by atoms with Gasteiger partial charge in [-0.15, -0.1) is 0 Å². The lowest BCUT2D eigenvalue weighted by atomic mass is 9.94. The van der Waals surface area contributed by atoms with Crippen LogP contribution in [0.4, 0.5) is 11.4 Å². The second-order valence-corrected chi connectivity index (χ2v) is 9.97. The fraction of sp³-hybridized carbons (Fsp3) is 0.0571. The van der Waals surface area contributed by atoms with Crippen molar-refractivity contribution >= 4 is 34.5 Å². The second kappa shape index (κ2) is 13.0. The molecule has 0 amide bonds. The number of hydrogen-bond donors (Lipinski definition) is 3. The Kier molecular flexibility index (Phi) is 8.75. The smallest absolute Gasteiger partial charge is 0.360 e. The molecule has 1 unspecified atom stereocenters. The maximum Gasteiger partial charge on any atom is 0.360 e. The van der Waals surface area contributed by atoms with E-state index in [1.165, 1.54) is 0 Å². The van der Waals surface area contributed by atoms with Crippen LogP contribution in [-0.4, -0.2) is 23.2 Å². The van der Waals surface area contributed by atoms with Crippen molar-refractivity contribution in [2.24, 2.45) is 0 Å². The van der Waals surface area contributed by atoms with Gasteiger partial charge in [0.1, 0.15) is 18.1 Å². The molecule has 0 aliphatic carbocycles. The van der Waals surface area contributed by atoms with E-state index in [1.54, 1.807) is 24.3 Å². The van der Waals surface area contributed by atoms with Gasteiger partial charge in [-0.1, -0.05) is 84.4 Å². The first-order chi connectivity index (χ1) is 20.4. The minimum absolute atomic E-state index is 0.308. The number of aliphatic carboxylic acids is 1. The van der Waals surface area contributed by atoms with Crippen molar-refractivity contribution < 1.29 is 19.4 Å². The van der Waals surface area contributed by atoms with Crippen molar-refractivity contribution in [3.05, 3.63) is 139 Å². The number of ether oxygens (including phenoxy) is 2. The number of nitrogens with two attached hydrogens (primary N) is 2. The normalized spacial score (nSPS) is 11.4. The molecular formula is C35H29ClN2O4. The Morgan fingerprint density at radius 3 is 1.43 bits per heavy atom. The van der Waals surface area contributed by atoms with E-state index in [9.17, 15) is 4.79 Å². The largest absolute Gasteiger partial charge is 0.490 e. The van der Waals surface area contributed by atoms with Crippen molar-refractivity contribution in [1.29, 1.82) is 0 Å². The summed E-state index contributed by atoms with van der Waals surface area (Å²) in [4.78, 5) is 10.9. The second-order valence-electron chi connectivity index (χ2n) is 9.57. The maximum absolute atomic E-state index is 10.9. The van der Waals surface area contributed by atoms with Gasteiger partial charge in [-0.3, -0.25) is 0 Å². The van der Waals surface area contributed by atoms with E-state index in [-0.39, 0.29) is 0 Å². The molecule has 5 aromatic rings. The molecule has 0 saturated carbocycles. The number of nitrogen functional groups attached to an aromatic ring is 2. The quantitative estimate of drug-likeness (QED) is 0.116. The van der Waals surface area contributed by atoms with Gasteiger partial charge in [-0.2, -0.15) is 0 Å². The molecule has 1 atom stereocenters. The summed E-state index contributed by atoms with van der Waals surface area (Å²) in [5, 5.41) is 8.92. The summed E-state index contributed by atoms with van der Waals surface area (Å²) in [7, 11) is 0. The molecule has 5 aromatic carbocycles. The monoisotopic (exact) mass is 576 g/mol. The van der Waals surface area contributed by atoms with Gasteiger partial charge in [-0.05, 0) is 93.6 Å². The molecule has 0 fully saturated rings. The molecule has 0 bridgehead atoms. The third kappa shape index (κ3) is 7.11. The number of carboxylic acid groups (broad SMARTS) is 1. The predicted molar refractivity (Wildman–Crippen MR) is 170 cm³/mol. The highest BCUT2D eigenvalue weighted by Gasteiger charge is 2.15. The van der Waals surface area contributed by atoms with Crippen LogP contribution in [0.1, 0.15) is 11.1 Å². The molecule has 6 nitrogen and oxygen atoms in total. The minimum Gasteiger partial charge on any atom is -0.490 e. The average Bonchev–Trinajstić information content (AvgIpc) is 3.01. The van der Waals surface area contributed by atoms with Gasteiger partial charge in [0.15, 0.2) is 0 Å². The van der Waals surface area contributed by atoms with Crippen molar-refractivity contribution in [2.45, 2.75) is 5.56 Å². The molecular weight excluding hydrogens is 548 g/mol. The molecule has 0 saturated heterocycles. The molecule has 5 rings (SSSR count). The third-order valence-electron chi connectivity index (χ3n) is 6.67. The van der Waals surface area contributed by atoms with Gasteiger partial charge in [0.25, 0.3) is 5.56 Å². The SMILES string of the molecule is Nc1ccc(-c2ccc(C(=CCOc3ccc(OC(Cl)C(=O)O)cc3)c3ccc(-c4ccc(N)cc4)cc3)cc2)cc1. The molecule has 5 N–H and O–H groups in total. The van der Waals surface area contributed by atoms with Crippen molar-refractivity contribution in [2.75, 3.05) is 18.1 Å². The predicted octanol–water partition coefficient (Wildman–Crippen LogP) is 7.72. The summed E-state index contributed by atoms with van der Waals surface area (Å²) in [6, 6.07) is 39.0. The number of rotatable bonds is 10. The molecule has 0 aliphatic heterocycles. The number of carboxylic acids is 1. The Morgan fingerprint density at radius 2 is 1.02 bits per heavy atom. The molecule has 0 heterocycles. The zero-order chi connectivity index (χ0) is 29.5. The van der Waals surface area contributed by atoms with Gasteiger partial charge in [0.05, 0.1) is 0 Å². The highest BCUT2D eigenvalue weighted by molar-refractivity contribution is 6.28. The highest BCUT2D eigenvalue weighted by atomic mass is 35.5. The van der Waals surface area contributed by atoms with Crippen molar-refractivity contribution in [3.63, 3.8) is 0 Å². The lowest BCUT2D eigenvalue weighted by molar-refractivity contribution is -0.141. The number of alkyl halides is 1. The van der Waals surface area contributed by atoms with Gasteiger partial charge in [0.2, 0.25) is 0 Å². The van der Waals surface area contributed by atoms with Gasteiger partial charge in [0, 0.05) is 11.4 Å². The van der Waals surface area contributed by atoms with E-state index in [0.717, 1.165) is 50.3 Å². The summed E-state index contributed by atoms with van der Waals surface area (Å²) in [5.74, 6) is -0.308. The van der Waals surface area contributed by atoms with Crippen LogP contribution in [0.2, 0.25) is 0 Å². The van der Waals surface area contributed by atoms with Crippen LogP contribution >= 0.6 is 11.6 Å². The average molecular weight is 577 g/mol. The number of carbonyl (C=O) groups is 1. The van der Waals surface area contributed by atoms with Crippen molar-refractivity contribution in [3.8, 4) is 33.8 Å². The van der Waals surface area contributed by atoms with Crippen LogP contribution in [0.25, 0.3) is 27.8 Å². The highest BCUT2D eigenvalue weighted by Crippen LogP contribution is 2.30. The zero-order valence-corrected chi connectivity index (χ0v) is 23.4.